The highest BCUT2D eigenvalue weighted by Crippen LogP contribution is 2.18. The Bertz CT molecular complexity index is 1040. The first-order valence-electron chi connectivity index (χ1n) is 8.40. The van der Waals surface area contributed by atoms with E-state index in [2.05, 4.69) is 10.4 Å². The lowest BCUT2D eigenvalue weighted by Gasteiger charge is -2.09. The Morgan fingerprint density at radius 3 is 2.37 bits per heavy atom. The SMILES string of the molecule is CCc1c(C(=O)Nc2ccc(CS(N)(=O)=O)cc2)cnn1-c1ccccc1. The van der Waals surface area contributed by atoms with Crippen LogP contribution in [0.4, 0.5) is 5.69 Å². The molecule has 3 N–H and O–H groups in total. The van der Waals surface area contributed by atoms with E-state index in [4.69, 9.17) is 5.14 Å². The Balaban J connectivity index is 1.80. The molecule has 2 aromatic carbocycles. The molecule has 8 heteroatoms. The number of carbonyl (C=O) groups is 1. The van der Waals surface area contributed by atoms with Crippen LogP contribution in [0.2, 0.25) is 0 Å². The minimum absolute atomic E-state index is 0.245. The van der Waals surface area contributed by atoms with Gasteiger partial charge in [-0.2, -0.15) is 5.10 Å². The van der Waals surface area contributed by atoms with Crippen molar-refractivity contribution in [2.24, 2.45) is 5.14 Å². The largest absolute Gasteiger partial charge is 0.322 e. The third-order valence-corrected chi connectivity index (χ3v) is 4.76. The molecule has 7 nitrogen and oxygen atoms in total. The second-order valence-electron chi connectivity index (χ2n) is 6.06. The van der Waals surface area contributed by atoms with E-state index in [-0.39, 0.29) is 11.7 Å². The smallest absolute Gasteiger partial charge is 0.259 e. The highest BCUT2D eigenvalue weighted by molar-refractivity contribution is 7.88. The number of aromatic nitrogens is 2. The maximum Gasteiger partial charge on any atom is 0.259 e. The van der Waals surface area contributed by atoms with Gasteiger partial charge >= 0.3 is 0 Å². The first-order valence-corrected chi connectivity index (χ1v) is 10.1. The van der Waals surface area contributed by atoms with Crippen molar-refractivity contribution in [1.29, 1.82) is 0 Å². The van der Waals surface area contributed by atoms with E-state index in [1.165, 1.54) is 0 Å². The fourth-order valence-electron chi connectivity index (χ4n) is 2.81. The topological polar surface area (TPSA) is 107 Å². The number of anilines is 1. The molecule has 0 aliphatic rings. The Hall–Kier alpha value is -2.97. The van der Waals surface area contributed by atoms with Gasteiger partial charge in [0.2, 0.25) is 10.0 Å². The zero-order valence-corrected chi connectivity index (χ0v) is 15.6. The van der Waals surface area contributed by atoms with Crippen LogP contribution in [0.5, 0.6) is 0 Å². The number of nitrogens with one attached hydrogen (secondary N) is 1. The fourth-order valence-corrected chi connectivity index (χ4v) is 3.47. The van der Waals surface area contributed by atoms with Crippen molar-refractivity contribution in [1.82, 2.24) is 9.78 Å². The van der Waals surface area contributed by atoms with Gasteiger partial charge < -0.3 is 5.32 Å². The summed E-state index contributed by atoms with van der Waals surface area (Å²) in [5, 5.41) is 12.2. The van der Waals surface area contributed by atoms with Crippen LogP contribution >= 0.6 is 0 Å². The van der Waals surface area contributed by atoms with E-state index < -0.39 is 10.0 Å². The standard InChI is InChI=1S/C19H20N4O3S/c1-2-18-17(12-21-23(18)16-6-4-3-5-7-16)19(24)22-15-10-8-14(9-11-15)13-27(20,25)26/h3-12H,2,13H2,1H3,(H,22,24)(H2,20,25,26). The van der Waals surface area contributed by atoms with Crippen LogP contribution in [0, 0.1) is 0 Å². The van der Waals surface area contributed by atoms with Crippen molar-refractivity contribution in [3.05, 3.63) is 77.6 Å². The third kappa shape index (κ3) is 4.60. The summed E-state index contributed by atoms with van der Waals surface area (Å²) in [7, 11) is -3.59. The molecular weight excluding hydrogens is 364 g/mol. The lowest BCUT2D eigenvalue weighted by Crippen LogP contribution is -2.15. The van der Waals surface area contributed by atoms with Crippen LogP contribution in [0.1, 0.15) is 28.5 Å². The van der Waals surface area contributed by atoms with Gasteiger partial charge in [-0.1, -0.05) is 37.3 Å². The Morgan fingerprint density at radius 2 is 1.78 bits per heavy atom. The molecule has 0 aliphatic heterocycles. The van der Waals surface area contributed by atoms with Crippen LogP contribution in [0.15, 0.2) is 60.8 Å². The number of primary sulfonamides is 1. The first kappa shape index (κ1) is 18.8. The summed E-state index contributed by atoms with van der Waals surface area (Å²) in [5.41, 5.74) is 3.31. The number of amides is 1. The molecular formula is C19H20N4O3S. The second kappa shape index (κ2) is 7.73. The highest BCUT2D eigenvalue weighted by Gasteiger charge is 2.17. The van der Waals surface area contributed by atoms with Gasteiger partial charge in [-0.15, -0.1) is 0 Å². The number of para-hydroxylation sites is 1. The lowest BCUT2D eigenvalue weighted by atomic mass is 10.1. The minimum Gasteiger partial charge on any atom is -0.322 e. The maximum atomic E-state index is 12.7. The van der Waals surface area contributed by atoms with Crippen molar-refractivity contribution in [2.75, 3.05) is 5.32 Å². The zero-order valence-electron chi connectivity index (χ0n) is 14.8. The second-order valence-corrected chi connectivity index (χ2v) is 7.68. The molecule has 0 saturated carbocycles. The zero-order chi connectivity index (χ0) is 19.4. The molecule has 0 radical (unpaired) electrons. The molecule has 0 atom stereocenters. The van der Waals surface area contributed by atoms with Crippen molar-refractivity contribution in [3.63, 3.8) is 0 Å². The summed E-state index contributed by atoms with van der Waals surface area (Å²) in [5.74, 6) is -0.515. The predicted molar refractivity (Wildman–Crippen MR) is 104 cm³/mol. The number of sulfonamides is 1. The number of benzene rings is 2. The van der Waals surface area contributed by atoms with Crippen LogP contribution in [-0.4, -0.2) is 24.1 Å². The van der Waals surface area contributed by atoms with Crippen molar-refractivity contribution >= 4 is 21.6 Å². The van der Waals surface area contributed by atoms with Crippen LogP contribution in [0.25, 0.3) is 5.69 Å². The number of nitrogens with zero attached hydrogens (tertiary/aromatic N) is 2. The fraction of sp³-hybridized carbons (Fsp3) is 0.158. The van der Waals surface area contributed by atoms with Gasteiger partial charge in [-0.25, -0.2) is 18.2 Å². The molecule has 0 saturated heterocycles. The van der Waals surface area contributed by atoms with Gasteiger partial charge in [0.25, 0.3) is 5.91 Å². The number of carbonyl (C=O) groups excluding carboxylic acids is 1. The van der Waals surface area contributed by atoms with Gasteiger partial charge in [0.05, 0.1) is 28.9 Å². The number of hydrogen-bond acceptors (Lipinski definition) is 4. The summed E-state index contributed by atoms with van der Waals surface area (Å²) in [6.45, 7) is 1.97. The van der Waals surface area contributed by atoms with E-state index in [0.717, 1.165) is 11.4 Å². The number of rotatable bonds is 6. The summed E-state index contributed by atoms with van der Waals surface area (Å²) in [6.07, 6.45) is 2.20. The van der Waals surface area contributed by atoms with Gasteiger partial charge in [-0.05, 0) is 36.2 Å². The van der Waals surface area contributed by atoms with Crippen molar-refractivity contribution in [3.8, 4) is 5.69 Å². The predicted octanol–water partition coefficient (Wildman–Crippen LogP) is 2.48. The van der Waals surface area contributed by atoms with E-state index in [0.29, 0.717) is 23.2 Å². The Kier molecular flexibility index (Phi) is 5.38. The normalized spacial score (nSPS) is 11.3. The molecule has 0 unspecified atom stereocenters. The lowest BCUT2D eigenvalue weighted by molar-refractivity contribution is 0.102. The van der Waals surface area contributed by atoms with Gasteiger partial charge in [0.15, 0.2) is 0 Å². The van der Waals surface area contributed by atoms with E-state index in [1.807, 2.05) is 37.3 Å². The molecule has 0 aliphatic carbocycles. The number of hydrogen-bond donors (Lipinski definition) is 2. The molecule has 0 spiro atoms. The molecule has 1 amide bonds. The molecule has 3 aromatic rings. The molecule has 0 bridgehead atoms. The summed E-state index contributed by atoms with van der Waals surface area (Å²) >= 11 is 0. The Labute approximate surface area is 157 Å². The Morgan fingerprint density at radius 1 is 1.11 bits per heavy atom. The van der Waals surface area contributed by atoms with E-state index in [9.17, 15) is 13.2 Å². The van der Waals surface area contributed by atoms with Crippen LogP contribution in [0.3, 0.4) is 0 Å². The first-order chi connectivity index (χ1) is 12.9. The van der Waals surface area contributed by atoms with Crippen molar-refractivity contribution < 1.29 is 13.2 Å². The van der Waals surface area contributed by atoms with E-state index >= 15 is 0 Å². The van der Waals surface area contributed by atoms with Gasteiger partial charge in [-0.3, -0.25) is 4.79 Å². The average molecular weight is 384 g/mol. The summed E-state index contributed by atoms with van der Waals surface area (Å²) in [6, 6.07) is 16.1. The summed E-state index contributed by atoms with van der Waals surface area (Å²) in [4.78, 5) is 12.7. The quantitative estimate of drug-likeness (QED) is 0.681. The molecule has 140 valence electrons. The molecule has 1 heterocycles. The maximum absolute atomic E-state index is 12.7. The summed E-state index contributed by atoms with van der Waals surface area (Å²) < 4.78 is 24.0. The third-order valence-electron chi connectivity index (χ3n) is 4.03. The molecule has 1 aromatic heterocycles. The van der Waals surface area contributed by atoms with Crippen LogP contribution in [-0.2, 0) is 22.2 Å². The molecule has 0 fully saturated rings. The monoisotopic (exact) mass is 384 g/mol. The average Bonchev–Trinajstić information content (AvgIpc) is 3.07. The highest BCUT2D eigenvalue weighted by atomic mass is 32.2. The van der Waals surface area contributed by atoms with Gasteiger partial charge in [0.1, 0.15) is 0 Å². The molecule has 27 heavy (non-hydrogen) atoms. The number of nitrogens with two attached hydrogens (primary N) is 1. The minimum atomic E-state index is -3.59. The van der Waals surface area contributed by atoms with Gasteiger partial charge in [0, 0.05) is 5.69 Å². The molecule has 3 rings (SSSR count). The van der Waals surface area contributed by atoms with Crippen LogP contribution < -0.4 is 10.5 Å². The van der Waals surface area contributed by atoms with E-state index in [1.54, 1.807) is 35.1 Å². The van der Waals surface area contributed by atoms with Crippen molar-refractivity contribution in [2.45, 2.75) is 19.1 Å².